The second-order valence-electron chi connectivity index (χ2n) is 5.31. The fraction of sp³-hybridized carbons (Fsp3) is 0.278. The van der Waals surface area contributed by atoms with Crippen LogP contribution in [0.4, 0.5) is 5.69 Å². The minimum absolute atomic E-state index is 0.182. The highest BCUT2D eigenvalue weighted by molar-refractivity contribution is 5.54. The topological polar surface area (TPSA) is 45.0 Å². The molecule has 0 saturated heterocycles. The van der Waals surface area contributed by atoms with Crippen molar-refractivity contribution in [2.75, 3.05) is 5.32 Å². The smallest absolute Gasteiger partial charge is 0.120 e. The molecule has 3 nitrogen and oxygen atoms in total. The van der Waals surface area contributed by atoms with Gasteiger partial charge in [0.05, 0.1) is 17.7 Å². The molecular formula is C18H20N2O. The molecule has 0 aliphatic rings. The Bertz CT molecular complexity index is 639. The quantitative estimate of drug-likeness (QED) is 0.889. The maximum absolute atomic E-state index is 8.78. The van der Waals surface area contributed by atoms with Crippen molar-refractivity contribution in [2.24, 2.45) is 0 Å². The van der Waals surface area contributed by atoms with E-state index in [0.29, 0.717) is 5.56 Å². The average molecular weight is 280 g/mol. The molecule has 2 aromatic rings. The minimum atomic E-state index is 0.182. The SMILES string of the molecule is Cc1cc(OC(C)C)ccc1NCc1ccc(C#N)cc1. The van der Waals surface area contributed by atoms with Crippen LogP contribution in [0.2, 0.25) is 0 Å². The monoisotopic (exact) mass is 280 g/mol. The lowest BCUT2D eigenvalue weighted by molar-refractivity contribution is 0.242. The molecule has 0 bridgehead atoms. The van der Waals surface area contributed by atoms with Crippen LogP contribution in [0.25, 0.3) is 0 Å². The van der Waals surface area contributed by atoms with E-state index in [4.69, 9.17) is 10.00 Å². The highest BCUT2D eigenvalue weighted by atomic mass is 16.5. The second-order valence-corrected chi connectivity index (χ2v) is 5.31. The van der Waals surface area contributed by atoms with Crippen LogP contribution in [0.3, 0.4) is 0 Å². The summed E-state index contributed by atoms with van der Waals surface area (Å²) in [5.74, 6) is 0.895. The van der Waals surface area contributed by atoms with Crippen LogP contribution >= 0.6 is 0 Å². The van der Waals surface area contributed by atoms with E-state index in [1.165, 1.54) is 0 Å². The Morgan fingerprint density at radius 1 is 1.14 bits per heavy atom. The second kappa shape index (κ2) is 6.81. The van der Waals surface area contributed by atoms with Crippen molar-refractivity contribution in [2.45, 2.75) is 33.4 Å². The van der Waals surface area contributed by atoms with Gasteiger partial charge < -0.3 is 10.1 Å². The van der Waals surface area contributed by atoms with E-state index < -0.39 is 0 Å². The molecule has 2 aromatic carbocycles. The summed E-state index contributed by atoms with van der Waals surface area (Å²) in [6.07, 6.45) is 0.182. The van der Waals surface area contributed by atoms with E-state index in [1.54, 1.807) is 0 Å². The van der Waals surface area contributed by atoms with Crippen LogP contribution in [0.1, 0.15) is 30.5 Å². The van der Waals surface area contributed by atoms with Crippen molar-refractivity contribution in [1.82, 2.24) is 0 Å². The van der Waals surface area contributed by atoms with E-state index in [1.807, 2.05) is 56.3 Å². The standard InChI is InChI=1S/C18H20N2O/c1-13(2)21-17-8-9-18(14(3)10-17)20-12-16-6-4-15(11-19)5-7-16/h4-10,13,20H,12H2,1-3H3. The molecule has 0 spiro atoms. The van der Waals surface area contributed by atoms with Gasteiger partial charge in [-0.2, -0.15) is 5.26 Å². The Balaban J connectivity index is 2.01. The molecule has 0 heterocycles. The molecular weight excluding hydrogens is 260 g/mol. The molecule has 0 unspecified atom stereocenters. The molecule has 0 amide bonds. The van der Waals surface area contributed by atoms with Crippen LogP contribution in [-0.4, -0.2) is 6.10 Å². The van der Waals surface area contributed by atoms with Gasteiger partial charge in [0.25, 0.3) is 0 Å². The number of hydrogen-bond acceptors (Lipinski definition) is 3. The Labute approximate surface area is 126 Å². The summed E-state index contributed by atoms with van der Waals surface area (Å²) in [7, 11) is 0. The molecule has 0 aromatic heterocycles. The fourth-order valence-electron chi connectivity index (χ4n) is 2.07. The Morgan fingerprint density at radius 2 is 1.86 bits per heavy atom. The number of ether oxygens (including phenoxy) is 1. The van der Waals surface area contributed by atoms with Crippen LogP contribution in [0, 0.1) is 18.3 Å². The molecule has 0 radical (unpaired) electrons. The summed E-state index contributed by atoms with van der Waals surface area (Å²) in [5, 5.41) is 12.2. The molecule has 108 valence electrons. The molecule has 0 aliphatic carbocycles. The van der Waals surface area contributed by atoms with Gasteiger partial charge in [-0.1, -0.05) is 12.1 Å². The first-order valence-electron chi connectivity index (χ1n) is 7.08. The van der Waals surface area contributed by atoms with Crippen molar-refractivity contribution in [3.8, 4) is 11.8 Å². The molecule has 0 fully saturated rings. The molecule has 21 heavy (non-hydrogen) atoms. The lowest BCUT2D eigenvalue weighted by atomic mass is 10.1. The highest BCUT2D eigenvalue weighted by Gasteiger charge is 2.03. The predicted octanol–water partition coefficient (Wildman–Crippen LogP) is 4.27. The number of anilines is 1. The van der Waals surface area contributed by atoms with Crippen LogP contribution < -0.4 is 10.1 Å². The van der Waals surface area contributed by atoms with Gasteiger partial charge in [0.15, 0.2) is 0 Å². The lowest BCUT2D eigenvalue weighted by Gasteiger charge is -2.14. The average Bonchev–Trinajstić information content (AvgIpc) is 2.46. The predicted molar refractivity (Wildman–Crippen MR) is 85.4 cm³/mol. The van der Waals surface area contributed by atoms with E-state index in [-0.39, 0.29) is 6.10 Å². The number of benzene rings is 2. The van der Waals surface area contributed by atoms with Gasteiger partial charge in [-0.05, 0) is 62.2 Å². The summed E-state index contributed by atoms with van der Waals surface area (Å²) in [6.45, 7) is 6.84. The summed E-state index contributed by atoms with van der Waals surface area (Å²) in [6, 6.07) is 15.8. The zero-order valence-electron chi connectivity index (χ0n) is 12.7. The zero-order chi connectivity index (χ0) is 15.2. The third-order valence-electron chi connectivity index (χ3n) is 3.14. The molecule has 3 heteroatoms. The first kappa shape index (κ1) is 14.9. The van der Waals surface area contributed by atoms with E-state index in [9.17, 15) is 0 Å². The first-order chi connectivity index (χ1) is 10.1. The Hall–Kier alpha value is -2.47. The third-order valence-corrected chi connectivity index (χ3v) is 3.14. The molecule has 0 aliphatic heterocycles. The fourth-order valence-corrected chi connectivity index (χ4v) is 2.07. The van der Waals surface area contributed by atoms with Crippen LogP contribution in [0.5, 0.6) is 5.75 Å². The summed E-state index contributed by atoms with van der Waals surface area (Å²) in [4.78, 5) is 0. The maximum atomic E-state index is 8.78. The third kappa shape index (κ3) is 4.25. The lowest BCUT2D eigenvalue weighted by Crippen LogP contribution is -2.06. The first-order valence-corrected chi connectivity index (χ1v) is 7.08. The number of hydrogen-bond donors (Lipinski definition) is 1. The highest BCUT2D eigenvalue weighted by Crippen LogP contribution is 2.22. The number of rotatable bonds is 5. The van der Waals surface area contributed by atoms with Gasteiger partial charge in [0.2, 0.25) is 0 Å². The minimum Gasteiger partial charge on any atom is -0.491 e. The van der Waals surface area contributed by atoms with Crippen LogP contribution in [0.15, 0.2) is 42.5 Å². The summed E-state index contributed by atoms with van der Waals surface area (Å²) in [5.41, 5.74) is 4.08. The zero-order valence-corrected chi connectivity index (χ0v) is 12.7. The van der Waals surface area contributed by atoms with Gasteiger partial charge in [-0.25, -0.2) is 0 Å². The molecule has 1 N–H and O–H groups in total. The van der Waals surface area contributed by atoms with Crippen molar-refractivity contribution >= 4 is 5.69 Å². The largest absolute Gasteiger partial charge is 0.491 e. The Kier molecular flexibility index (Phi) is 4.84. The van der Waals surface area contributed by atoms with Gasteiger partial charge in [-0.3, -0.25) is 0 Å². The van der Waals surface area contributed by atoms with Gasteiger partial charge in [0.1, 0.15) is 5.75 Å². The number of nitrogens with one attached hydrogen (secondary N) is 1. The van der Waals surface area contributed by atoms with Crippen LogP contribution in [-0.2, 0) is 6.54 Å². The van der Waals surface area contributed by atoms with E-state index >= 15 is 0 Å². The van der Waals surface area contributed by atoms with Crippen molar-refractivity contribution in [3.05, 3.63) is 59.2 Å². The summed E-state index contributed by atoms with van der Waals surface area (Å²) < 4.78 is 5.68. The van der Waals surface area contributed by atoms with Gasteiger partial charge in [0, 0.05) is 12.2 Å². The normalized spacial score (nSPS) is 10.2. The Morgan fingerprint density at radius 3 is 2.43 bits per heavy atom. The van der Waals surface area contributed by atoms with E-state index in [0.717, 1.165) is 29.1 Å². The molecule has 0 atom stereocenters. The van der Waals surface area contributed by atoms with Gasteiger partial charge >= 0.3 is 0 Å². The number of nitrogens with zero attached hydrogens (tertiary/aromatic N) is 1. The van der Waals surface area contributed by atoms with Crippen molar-refractivity contribution in [3.63, 3.8) is 0 Å². The van der Waals surface area contributed by atoms with Crippen molar-refractivity contribution in [1.29, 1.82) is 5.26 Å². The maximum Gasteiger partial charge on any atom is 0.120 e. The molecule has 0 saturated carbocycles. The van der Waals surface area contributed by atoms with Crippen molar-refractivity contribution < 1.29 is 4.74 Å². The van der Waals surface area contributed by atoms with Gasteiger partial charge in [-0.15, -0.1) is 0 Å². The summed E-state index contributed by atoms with van der Waals surface area (Å²) >= 11 is 0. The number of aryl methyl sites for hydroxylation is 1. The number of nitriles is 1. The van der Waals surface area contributed by atoms with E-state index in [2.05, 4.69) is 18.3 Å². The molecule has 2 rings (SSSR count).